The van der Waals surface area contributed by atoms with Gasteiger partial charge in [-0.2, -0.15) is 12.6 Å². The fraction of sp³-hybridized carbons (Fsp3) is 0.667. The van der Waals surface area contributed by atoms with Crippen LogP contribution >= 0.6 is 12.6 Å². The van der Waals surface area contributed by atoms with Crippen LogP contribution in [0.1, 0.15) is 6.42 Å². The van der Waals surface area contributed by atoms with E-state index < -0.39 is 0 Å². The second-order valence-corrected chi connectivity index (χ2v) is 1.91. The molecular weight excluding hydrogens is 98.1 g/mol. The van der Waals surface area contributed by atoms with Crippen molar-refractivity contribution < 1.29 is 4.79 Å². The summed E-state index contributed by atoms with van der Waals surface area (Å²) in [5.74, 6) is 0.106. The molecule has 1 fully saturated rings. The van der Waals surface area contributed by atoms with E-state index in [1.165, 1.54) is 0 Å². The van der Waals surface area contributed by atoms with E-state index in [1.54, 1.807) is 0 Å². The van der Waals surface area contributed by atoms with Crippen molar-refractivity contribution in [1.29, 1.82) is 0 Å². The summed E-state index contributed by atoms with van der Waals surface area (Å²) >= 11 is 3.91. The zero-order valence-electron chi connectivity index (χ0n) is 3.14. The molecule has 1 atom stereocenters. The SMILES string of the molecule is O=C1C[C@@H](S)N1. The van der Waals surface area contributed by atoms with Crippen LogP contribution in [0, 0.1) is 0 Å². The van der Waals surface area contributed by atoms with Crippen molar-refractivity contribution >= 4 is 18.5 Å². The number of hydrogen-bond donors (Lipinski definition) is 2. The molecule has 0 aromatic carbocycles. The van der Waals surface area contributed by atoms with Crippen LogP contribution in [0.15, 0.2) is 0 Å². The van der Waals surface area contributed by atoms with Gasteiger partial charge in [-0.3, -0.25) is 4.79 Å². The molecular formula is C3H5NOS. The lowest BCUT2D eigenvalue weighted by atomic mass is 10.3. The number of hydrogen-bond acceptors (Lipinski definition) is 2. The van der Waals surface area contributed by atoms with E-state index in [2.05, 4.69) is 17.9 Å². The Morgan fingerprint density at radius 2 is 2.50 bits per heavy atom. The number of rotatable bonds is 0. The van der Waals surface area contributed by atoms with Gasteiger partial charge in [0.15, 0.2) is 0 Å². The summed E-state index contributed by atoms with van der Waals surface area (Å²) in [7, 11) is 0. The van der Waals surface area contributed by atoms with Crippen molar-refractivity contribution in [2.45, 2.75) is 11.8 Å². The normalized spacial score (nSPS) is 31.5. The summed E-state index contributed by atoms with van der Waals surface area (Å²) in [6.45, 7) is 0. The van der Waals surface area contributed by atoms with Gasteiger partial charge in [0.1, 0.15) is 0 Å². The van der Waals surface area contributed by atoms with Crippen LogP contribution < -0.4 is 5.32 Å². The summed E-state index contributed by atoms with van der Waals surface area (Å²) in [6.07, 6.45) is 0.586. The smallest absolute Gasteiger partial charge is 0.223 e. The first-order chi connectivity index (χ1) is 2.79. The van der Waals surface area contributed by atoms with Gasteiger partial charge >= 0.3 is 0 Å². The lowest BCUT2D eigenvalue weighted by Crippen LogP contribution is -2.44. The van der Waals surface area contributed by atoms with E-state index >= 15 is 0 Å². The second kappa shape index (κ2) is 1.15. The number of thiol groups is 1. The fourth-order valence-corrected chi connectivity index (χ4v) is 0.650. The Balaban J connectivity index is 2.28. The van der Waals surface area contributed by atoms with Gasteiger partial charge in [-0.15, -0.1) is 0 Å². The van der Waals surface area contributed by atoms with Crippen LogP contribution in [-0.2, 0) is 4.79 Å². The Morgan fingerprint density at radius 1 is 2.00 bits per heavy atom. The van der Waals surface area contributed by atoms with Gasteiger partial charge < -0.3 is 5.32 Å². The van der Waals surface area contributed by atoms with Crippen LogP contribution in [0.3, 0.4) is 0 Å². The first kappa shape index (κ1) is 3.99. The predicted molar refractivity (Wildman–Crippen MR) is 25.5 cm³/mol. The second-order valence-electron chi connectivity index (χ2n) is 1.29. The zero-order valence-corrected chi connectivity index (χ0v) is 4.03. The van der Waals surface area contributed by atoms with Crippen LogP contribution in [-0.4, -0.2) is 11.3 Å². The summed E-state index contributed by atoms with van der Waals surface area (Å²) in [5.41, 5.74) is 0. The van der Waals surface area contributed by atoms with Crippen molar-refractivity contribution in [1.82, 2.24) is 5.32 Å². The number of carbonyl (C=O) groups excluding carboxylic acids is 1. The minimum atomic E-state index is 0.106. The summed E-state index contributed by atoms with van der Waals surface area (Å²) < 4.78 is 0. The molecule has 1 amide bonds. The standard InChI is InChI=1S/C3H5NOS/c5-2-1-3(6)4-2/h3,6H,1H2,(H,4,5)/t3-/m1/s1. The molecule has 6 heavy (non-hydrogen) atoms. The Labute approximate surface area is 41.3 Å². The molecule has 0 unspecified atom stereocenters. The third-order valence-electron chi connectivity index (χ3n) is 0.706. The highest BCUT2D eigenvalue weighted by Gasteiger charge is 2.19. The van der Waals surface area contributed by atoms with Gasteiger partial charge in [-0.1, -0.05) is 0 Å². The van der Waals surface area contributed by atoms with E-state index in [-0.39, 0.29) is 11.3 Å². The molecule has 34 valence electrons. The zero-order chi connectivity index (χ0) is 4.57. The van der Waals surface area contributed by atoms with Crippen molar-refractivity contribution in [3.8, 4) is 0 Å². The lowest BCUT2D eigenvalue weighted by molar-refractivity contribution is -0.126. The van der Waals surface area contributed by atoms with Gasteiger partial charge in [0.05, 0.1) is 11.8 Å². The number of carbonyl (C=O) groups is 1. The summed E-state index contributed by atoms with van der Waals surface area (Å²) in [5, 5.41) is 2.67. The molecule has 1 rings (SSSR count). The van der Waals surface area contributed by atoms with Crippen molar-refractivity contribution in [3.05, 3.63) is 0 Å². The van der Waals surface area contributed by atoms with Crippen LogP contribution in [0.25, 0.3) is 0 Å². The molecule has 0 radical (unpaired) electrons. The minimum absolute atomic E-state index is 0.106. The quantitative estimate of drug-likeness (QED) is 0.321. The molecule has 1 aliphatic heterocycles. The third-order valence-corrected chi connectivity index (χ3v) is 1.02. The van der Waals surface area contributed by atoms with Gasteiger partial charge in [0.25, 0.3) is 0 Å². The Kier molecular flexibility index (Phi) is 0.765. The molecule has 0 aromatic rings. The Bertz CT molecular complexity index is 74.9. The van der Waals surface area contributed by atoms with E-state index in [0.717, 1.165) is 0 Å². The van der Waals surface area contributed by atoms with E-state index in [1.807, 2.05) is 0 Å². The molecule has 0 bridgehead atoms. The molecule has 1 heterocycles. The largest absolute Gasteiger partial charge is 0.344 e. The van der Waals surface area contributed by atoms with Crippen molar-refractivity contribution in [2.75, 3.05) is 0 Å². The first-order valence-corrected chi connectivity index (χ1v) is 2.28. The number of amides is 1. The molecule has 1 aliphatic rings. The first-order valence-electron chi connectivity index (χ1n) is 1.76. The fourth-order valence-electron chi connectivity index (χ4n) is 0.340. The third kappa shape index (κ3) is 0.497. The summed E-state index contributed by atoms with van der Waals surface area (Å²) in [4.78, 5) is 9.95. The summed E-state index contributed by atoms with van der Waals surface area (Å²) in [6, 6.07) is 0. The predicted octanol–water partition coefficient (Wildman–Crippen LogP) is -0.238. The van der Waals surface area contributed by atoms with Crippen molar-refractivity contribution in [3.63, 3.8) is 0 Å². The van der Waals surface area contributed by atoms with E-state index in [4.69, 9.17) is 0 Å². The maximum Gasteiger partial charge on any atom is 0.223 e. The average Bonchev–Trinajstić information content (AvgIpc) is 1.33. The van der Waals surface area contributed by atoms with E-state index in [0.29, 0.717) is 6.42 Å². The van der Waals surface area contributed by atoms with Crippen molar-refractivity contribution in [2.24, 2.45) is 0 Å². The highest BCUT2D eigenvalue weighted by atomic mass is 32.1. The number of β-lactam (4-membered cyclic amide) rings is 1. The van der Waals surface area contributed by atoms with Crippen LogP contribution in [0.2, 0.25) is 0 Å². The van der Waals surface area contributed by atoms with Gasteiger partial charge in [0.2, 0.25) is 5.91 Å². The molecule has 1 saturated heterocycles. The van der Waals surface area contributed by atoms with Crippen LogP contribution in [0.5, 0.6) is 0 Å². The lowest BCUT2D eigenvalue weighted by Gasteiger charge is -2.20. The highest BCUT2D eigenvalue weighted by Crippen LogP contribution is 2.05. The molecule has 0 aliphatic carbocycles. The Morgan fingerprint density at radius 3 is 2.50 bits per heavy atom. The number of nitrogens with one attached hydrogen (secondary N) is 1. The molecule has 3 heteroatoms. The minimum Gasteiger partial charge on any atom is -0.344 e. The monoisotopic (exact) mass is 103 g/mol. The van der Waals surface area contributed by atoms with Gasteiger partial charge in [-0.05, 0) is 0 Å². The van der Waals surface area contributed by atoms with E-state index in [9.17, 15) is 4.79 Å². The van der Waals surface area contributed by atoms with Gasteiger partial charge in [0, 0.05) is 0 Å². The maximum atomic E-state index is 9.95. The topological polar surface area (TPSA) is 29.1 Å². The molecule has 2 nitrogen and oxygen atoms in total. The maximum absolute atomic E-state index is 9.95. The Hall–Kier alpha value is -0.180. The molecule has 1 N–H and O–H groups in total. The molecule has 0 saturated carbocycles. The average molecular weight is 103 g/mol. The van der Waals surface area contributed by atoms with Gasteiger partial charge in [-0.25, -0.2) is 0 Å². The highest BCUT2D eigenvalue weighted by molar-refractivity contribution is 7.81. The molecule has 0 aromatic heterocycles. The van der Waals surface area contributed by atoms with Crippen LogP contribution in [0.4, 0.5) is 0 Å². The molecule has 0 spiro atoms.